The van der Waals surface area contributed by atoms with E-state index in [-0.39, 0.29) is 0 Å². The van der Waals surface area contributed by atoms with Crippen molar-refractivity contribution < 1.29 is 4.84 Å². The SMILES string of the molecule is CC1=CN(c2ccc3cc[nH]c3n2)NO1. The Morgan fingerprint density at radius 3 is 3.07 bits per heavy atom. The lowest BCUT2D eigenvalue weighted by Gasteiger charge is -2.11. The van der Waals surface area contributed by atoms with E-state index in [4.69, 9.17) is 4.84 Å². The van der Waals surface area contributed by atoms with Crippen molar-refractivity contribution in [3.05, 3.63) is 36.4 Å². The van der Waals surface area contributed by atoms with Gasteiger partial charge in [0, 0.05) is 11.6 Å². The van der Waals surface area contributed by atoms with Gasteiger partial charge in [0.25, 0.3) is 0 Å². The summed E-state index contributed by atoms with van der Waals surface area (Å²) < 4.78 is 0. The number of anilines is 1. The number of H-pyrrole nitrogens is 1. The van der Waals surface area contributed by atoms with Crippen LogP contribution in [0.5, 0.6) is 0 Å². The van der Waals surface area contributed by atoms with E-state index in [9.17, 15) is 0 Å². The van der Waals surface area contributed by atoms with Gasteiger partial charge in [0.05, 0.1) is 6.20 Å². The van der Waals surface area contributed by atoms with Gasteiger partial charge in [0.1, 0.15) is 11.4 Å². The van der Waals surface area contributed by atoms with E-state index in [1.807, 2.05) is 37.5 Å². The molecule has 3 heterocycles. The van der Waals surface area contributed by atoms with Gasteiger partial charge in [0.15, 0.2) is 5.82 Å². The van der Waals surface area contributed by atoms with Gasteiger partial charge < -0.3 is 9.82 Å². The van der Waals surface area contributed by atoms with Gasteiger partial charge in [-0.3, -0.25) is 0 Å². The zero-order valence-electron chi connectivity index (χ0n) is 8.19. The lowest BCUT2D eigenvalue weighted by molar-refractivity contribution is 0.132. The predicted molar refractivity (Wildman–Crippen MR) is 56.6 cm³/mol. The van der Waals surface area contributed by atoms with Crippen molar-refractivity contribution >= 4 is 16.9 Å². The van der Waals surface area contributed by atoms with Crippen molar-refractivity contribution in [2.24, 2.45) is 0 Å². The van der Waals surface area contributed by atoms with E-state index in [0.717, 1.165) is 22.6 Å². The molecule has 0 aliphatic carbocycles. The Kier molecular flexibility index (Phi) is 1.66. The smallest absolute Gasteiger partial charge is 0.152 e. The third kappa shape index (κ3) is 1.33. The van der Waals surface area contributed by atoms with Crippen LogP contribution in [-0.2, 0) is 4.84 Å². The fourth-order valence-electron chi connectivity index (χ4n) is 1.52. The van der Waals surface area contributed by atoms with Crippen molar-refractivity contribution in [3.63, 3.8) is 0 Å². The fraction of sp³-hybridized carbons (Fsp3) is 0.100. The third-order valence-corrected chi connectivity index (χ3v) is 2.26. The first-order valence-electron chi connectivity index (χ1n) is 4.67. The Hall–Kier alpha value is -2.01. The second-order valence-electron chi connectivity index (χ2n) is 3.39. The first-order chi connectivity index (χ1) is 7.33. The minimum absolute atomic E-state index is 0.793. The Labute approximate surface area is 86.3 Å². The van der Waals surface area contributed by atoms with E-state index in [1.165, 1.54) is 0 Å². The lowest BCUT2D eigenvalue weighted by atomic mass is 10.3. The molecule has 0 spiro atoms. The maximum absolute atomic E-state index is 5.10. The third-order valence-electron chi connectivity index (χ3n) is 2.26. The molecule has 1 aliphatic rings. The highest BCUT2D eigenvalue weighted by atomic mass is 16.7. The summed E-state index contributed by atoms with van der Waals surface area (Å²) in [6.45, 7) is 1.88. The van der Waals surface area contributed by atoms with Crippen LogP contribution in [-0.4, -0.2) is 9.97 Å². The first kappa shape index (κ1) is 8.31. The number of rotatable bonds is 1. The van der Waals surface area contributed by atoms with Crippen LogP contribution in [0.2, 0.25) is 0 Å². The van der Waals surface area contributed by atoms with E-state index < -0.39 is 0 Å². The van der Waals surface area contributed by atoms with Crippen LogP contribution in [0.4, 0.5) is 5.82 Å². The molecule has 2 aromatic rings. The second-order valence-corrected chi connectivity index (χ2v) is 3.39. The molecular formula is C10H10N4O. The summed E-state index contributed by atoms with van der Waals surface area (Å²) in [6, 6.07) is 5.93. The molecule has 0 fully saturated rings. The van der Waals surface area contributed by atoms with Gasteiger partial charge >= 0.3 is 0 Å². The van der Waals surface area contributed by atoms with E-state index in [1.54, 1.807) is 5.01 Å². The topological polar surface area (TPSA) is 53.2 Å². The normalized spacial score (nSPS) is 15.5. The molecule has 0 aromatic carbocycles. The number of nitrogens with zero attached hydrogens (tertiary/aromatic N) is 2. The summed E-state index contributed by atoms with van der Waals surface area (Å²) >= 11 is 0. The summed E-state index contributed by atoms with van der Waals surface area (Å²) in [5.41, 5.74) is 3.61. The van der Waals surface area contributed by atoms with E-state index >= 15 is 0 Å². The molecule has 0 saturated heterocycles. The number of aromatic amines is 1. The molecule has 15 heavy (non-hydrogen) atoms. The zero-order chi connectivity index (χ0) is 10.3. The molecule has 0 unspecified atom stereocenters. The van der Waals surface area contributed by atoms with Crippen molar-refractivity contribution in [2.75, 3.05) is 5.01 Å². The zero-order valence-corrected chi connectivity index (χ0v) is 8.19. The Morgan fingerprint density at radius 1 is 1.33 bits per heavy atom. The predicted octanol–water partition coefficient (Wildman–Crippen LogP) is 1.68. The fourth-order valence-corrected chi connectivity index (χ4v) is 1.52. The molecule has 5 nitrogen and oxygen atoms in total. The monoisotopic (exact) mass is 202 g/mol. The highest BCUT2D eigenvalue weighted by molar-refractivity contribution is 5.77. The Morgan fingerprint density at radius 2 is 2.27 bits per heavy atom. The lowest BCUT2D eigenvalue weighted by Crippen LogP contribution is -2.27. The maximum Gasteiger partial charge on any atom is 0.152 e. The van der Waals surface area contributed by atoms with Crippen molar-refractivity contribution in [1.82, 2.24) is 15.6 Å². The van der Waals surface area contributed by atoms with E-state index in [0.29, 0.717) is 0 Å². The van der Waals surface area contributed by atoms with Gasteiger partial charge in [-0.1, -0.05) is 5.59 Å². The summed E-state index contributed by atoms with van der Waals surface area (Å²) in [5.74, 6) is 1.60. The Bertz CT molecular complexity index is 531. The van der Waals surface area contributed by atoms with Crippen LogP contribution >= 0.6 is 0 Å². The molecule has 3 rings (SSSR count). The molecule has 0 atom stereocenters. The largest absolute Gasteiger partial charge is 0.392 e. The quantitative estimate of drug-likeness (QED) is 0.738. The Balaban J connectivity index is 2.04. The highest BCUT2D eigenvalue weighted by Gasteiger charge is 2.13. The minimum Gasteiger partial charge on any atom is -0.392 e. The summed E-state index contributed by atoms with van der Waals surface area (Å²) in [6.07, 6.45) is 3.72. The summed E-state index contributed by atoms with van der Waals surface area (Å²) in [4.78, 5) is 12.6. The molecule has 76 valence electrons. The average molecular weight is 202 g/mol. The van der Waals surface area contributed by atoms with Crippen molar-refractivity contribution in [3.8, 4) is 0 Å². The molecule has 0 saturated carbocycles. The maximum atomic E-state index is 5.10. The molecular weight excluding hydrogens is 192 g/mol. The van der Waals surface area contributed by atoms with Gasteiger partial charge in [-0.2, -0.15) is 0 Å². The first-order valence-corrected chi connectivity index (χ1v) is 4.67. The number of hydrazine groups is 1. The molecule has 0 amide bonds. The van der Waals surface area contributed by atoms with Crippen LogP contribution in [0.25, 0.3) is 11.0 Å². The number of pyridine rings is 1. The number of nitrogens with one attached hydrogen (secondary N) is 2. The van der Waals surface area contributed by atoms with Crippen molar-refractivity contribution in [2.45, 2.75) is 6.92 Å². The number of hydrogen-bond acceptors (Lipinski definition) is 4. The average Bonchev–Trinajstić information content (AvgIpc) is 2.84. The molecule has 0 radical (unpaired) electrons. The van der Waals surface area contributed by atoms with Crippen molar-refractivity contribution in [1.29, 1.82) is 0 Å². The number of aromatic nitrogens is 2. The molecule has 1 aliphatic heterocycles. The van der Waals surface area contributed by atoms with Crippen LogP contribution < -0.4 is 10.6 Å². The van der Waals surface area contributed by atoms with Gasteiger partial charge in [-0.25, -0.2) is 9.99 Å². The van der Waals surface area contributed by atoms with Crippen LogP contribution in [0.3, 0.4) is 0 Å². The van der Waals surface area contributed by atoms with Crippen LogP contribution in [0, 0.1) is 0 Å². The molecule has 2 N–H and O–H groups in total. The molecule has 5 heteroatoms. The molecule has 0 bridgehead atoms. The van der Waals surface area contributed by atoms with Crippen LogP contribution in [0.1, 0.15) is 6.92 Å². The highest BCUT2D eigenvalue weighted by Crippen LogP contribution is 2.18. The minimum atomic E-state index is 0.793. The summed E-state index contributed by atoms with van der Waals surface area (Å²) in [7, 11) is 0. The van der Waals surface area contributed by atoms with Crippen LogP contribution in [0.15, 0.2) is 36.4 Å². The standard InChI is InChI=1S/C10H10N4O/c1-7-6-14(13-15-7)9-3-2-8-4-5-11-10(8)12-9/h2-6,13H,1H3,(H,11,12). The number of fused-ring (bicyclic) bond motifs is 1. The number of hydrogen-bond donors (Lipinski definition) is 2. The van der Waals surface area contributed by atoms with Gasteiger partial charge in [-0.05, 0) is 25.1 Å². The second kappa shape index (κ2) is 2.99. The van der Waals surface area contributed by atoms with Gasteiger partial charge in [0.2, 0.25) is 0 Å². The van der Waals surface area contributed by atoms with E-state index in [2.05, 4.69) is 15.6 Å². The summed E-state index contributed by atoms with van der Waals surface area (Å²) in [5, 5.41) is 2.83. The number of allylic oxidation sites excluding steroid dienone is 1. The molecule has 2 aromatic heterocycles. The van der Waals surface area contributed by atoms with Gasteiger partial charge in [-0.15, -0.1) is 0 Å².